The third-order valence-corrected chi connectivity index (χ3v) is 3.83. The molecule has 1 aromatic carbocycles. The first-order valence-corrected chi connectivity index (χ1v) is 8.50. The zero-order valence-corrected chi connectivity index (χ0v) is 15.3. The third-order valence-electron chi connectivity index (χ3n) is 3.45. The number of hydrogen-bond donors (Lipinski definition) is 1. The molecular weight excluding hydrogens is 342 g/mol. The molecule has 25 heavy (non-hydrogen) atoms. The lowest BCUT2D eigenvalue weighted by molar-refractivity contribution is -0.147. The summed E-state index contributed by atoms with van der Waals surface area (Å²) < 4.78 is 6.61. The Balaban J connectivity index is 1.99. The zero-order chi connectivity index (χ0) is 18.4. The van der Waals surface area contributed by atoms with E-state index in [2.05, 4.69) is 10.4 Å². The van der Waals surface area contributed by atoms with Crippen molar-refractivity contribution < 1.29 is 14.3 Å². The second-order valence-corrected chi connectivity index (χ2v) is 6.30. The first-order valence-electron chi connectivity index (χ1n) is 8.13. The molecule has 0 radical (unpaired) electrons. The van der Waals surface area contributed by atoms with Crippen molar-refractivity contribution in [3.63, 3.8) is 0 Å². The SMILES string of the molecule is Cc1nn(Cc2ccccc2)c(Cl)c1C(=O)NCCC(=O)OC(C)C. The number of esters is 1. The fourth-order valence-electron chi connectivity index (χ4n) is 2.36. The standard InChI is InChI=1S/C18H22ClN3O3/c1-12(2)25-15(23)9-10-20-18(24)16-13(3)21-22(17(16)19)11-14-7-5-4-6-8-14/h4-8,12H,9-11H2,1-3H3,(H,20,24). The number of carbonyl (C=O) groups is 2. The van der Waals surface area contributed by atoms with Crippen molar-refractivity contribution in [1.82, 2.24) is 15.1 Å². The molecule has 0 aliphatic heterocycles. The predicted molar refractivity (Wildman–Crippen MR) is 95.7 cm³/mol. The van der Waals surface area contributed by atoms with E-state index >= 15 is 0 Å². The van der Waals surface area contributed by atoms with Crippen LogP contribution in [-0.2, 0) is 16.1 Å². The Hall–Kier alpha value is -2.34. The van der Waals surface area contributed by atoms with E-state index in [4.69, 9.17) is 16.3 Å². The topological polar surface area (TPSA) is 73.2 Å². The van der Waals surface area contributed by atoms with E-state index in [1.54, 1.807) is 25.5 Å². The number of aryl methyl sites for hydroxylation is 1. The number of halogens is 1. The van der Waals surface area contributed by atoms with E-state index in [1.165, 1.54) is 0 Å². The lowest BCUT2D eigenvalue weighted by Gasteiger charge is -2.08. The second kappa shape index (κ2) is 8.67. The molecule has 0 bridgehead atoms. The highest BCUT2D eigenvalue weighted by Gasteiger charge is 2.20. The van der Waals surface area contributed by atoms with Crippen LogP contribution in [0.1, 0.15) is 41.9 Å². The van der Waals surface area contributed by atoms with Gasteiger partial charge in [0.05, 0.1) is 30.3 Å². The van der Waals surface area contributed by atoms with Crippen LogP contribution in [0.3, 0.4) is 0 Å². The van der Waals surface area contributed by atoms with Crippen LogP contribution in [0, 0.1) is 6.92 Å². The number of nitrogens with one attached hydrogen (secondary N) is 1. The predicted octanol–water partition coefficient (Wildman–Crippen LogP) is 2.96. The van der Waals surface area contributed by atoms with Gasteiger partial charge < -0.3 is 10.1 Å². The molecule has 0 spiro atoms. The van der Waals surface area contributed by atoms with Crippen LogP contribution in [-0.4, -0.2) is 34.3 Å². The quantitative estimate of drug-likeness (QED) is 0.767. The summed E-state index contributed by atoms with van der Waals surface area (Å²) in [5, 5.41) is 7.31. The van der Waals surface area contributed by atoms with Crippen LogP contribution in [0.4, 0.5) is 0 Å². The van der Waals surface area contributed by atoms with Crippen LogP contribution in [0.2, 0.25) is 5.15 Å². The maximum Gasteiger partial charge on any atom is 0.307 e. The van der Waals surface area contributed by atoms with Crippen molar-refractivity contribution in [1.29, 1.82) is 0 Å². The molecule has 0 aliphatic rings. The smallest absolute Gasteiger partial charge is 0.307 e. The van der Waals surface area contributed by atoms with Crippen LogP contribution >= 0.6 is 11.6 Å². The van der Waals surface area contributed by atoms with Crippen LogP contribution in [0.15, 0.2) is 30.3 Å². The summed E-state index contributed by atoms with van der Waals surface area (Å²) in [6.07, 6.45) is -0.0604. The Kier molecular flexibility index (Phi) is 6.58. The Bertz CT molecular complexity index is 742. The maximum absolute atomic E-state index is 12.4. The Morgan fingerprint density at radius 3 is 2.60 bits per heavy atom. The van der Waals surface area contributed by atoms with E-state index in [0.717, 1.165) is 5.56 Å². The molecule has 134 valence electrons. The Labute approximate surface area is 152 Å². The summed E-state index contributed by atoms with van der Waals surface area (Å²) in [6, 6.07) is 9.73. The van der Waals surface area contributed by atoms with Gasteiger partial charge in [0.1, 0.15) is 5.15 Å². The molecule has 2 rings (SSSR count). The van der Waals surface area contributed by atoms with Gasteiger partial charge in [-0.1, -0.05) is 41.9 Å². The van der Waals surface area contributed by atoms with Crippen molar-refractivity contribution in [3.05, 3.63) is 52.3 Å². The highest BCUT2D eigenvalue weighted by molar-refractivity contribution is 6.33. The van der Waals surface area contributed by atoms with Gasteiger partial charge in [-0.05, 0) is 26.3 Å². The molecule has 0 saturated heterocycles. The van der Waals surface area contributed by atoms with Gasteiger partial charge in [-0.2, -0.15) is 5.10 Å². The minimum absolute atomic E-state index is 0.110. The molecule has 1 N–H and O–H groups in total. The summed E-state index contributed by atoms with van der Waals surface area (Å²) in [5.41, 5.74) is 1.91. The average Bonchev–Trinajstić information content (AvgIpc) is 2.81. The minimum atomic E-state index is -0.349. The molecule has 1 amide bonds. The zero-order valence-electron chi connectivity index (χ0n) is 14.6. The summed E-state index contributed by atoms with van der Waals surface area (Å²) in [6.45, 7) is 5.95. The fraction of sp³-hybridized carbons (Fsp3) is 0.389. The second-order valence-electron chi connectivity index (χ2n) is 5.94. The van der Waals surface area contributed by atoms with Gasteiger partial charge in [0, 0.05) is 6.54 Å². The van der Waals surface area contributed by atoms with E-state index in [0.29, 0.717) is 17.8 Å². The molecule has 0 atom stereocenters. The van der Waals surface area contributed by atoms with Gasteiger partial charge >= 0.3 is 5.97 Å². The van der Waals surface area contributed by atoms with Crippen molar-refractivity contribution in [2.45, 2.75) is 39.8 Å². The lowest BCUT2D eigenvalue weighted by Crippen LogP contribution is -2.27. The minimum Gasteiger partial charge on any atom is -0.463 e. The van der Waals surface area contributed by atoms with E-state index in [9.17, 15) is 9.59 Å². The first kappa shape index (κ1) is 19.0. The van der Waals surface area contributed by atoms with Crippen molar-refractivity contribution >= 4 is 23.5 Å². The van der Waals surface area contributed by atoms with Gasteiger partial charge in [0.15, 0.2) is 0 Å². The van der Waals surface area contributed by atoms with Crippen molar-refractivity contribution in [3.8, 4) is 0 Å². The number of rotatable bonds is 7. The molecule has 1 aromatic heterocycles. The number of benzene rings is 1. The number of hydrogen-bond acceptors (Lipinski definition) is 4. The summed E-state index contributed by atoms with van der Waals surface area (Å²) in [7, 11) is 0. The molecule has 2 aromatic rings. The van der Waals surface area contributed by atoms with Crippen molar-refractivity contribution in [2.24, 2.45) is 0 Å². The number of aromatic nitrogens is 2. The summed E-state index contributed by atoms with van der Waals surface area (Å²) in [4.78, 5) is 23.9. The summed E-state index contributed by atoms with van der Waals surface area (Å²) >= 11 is 6.33. The van der Waals surface area contributed by atoms with Gasteiger partial charge in [-0.3, -0.25) is 9.59 Å². The van der Waals surface area contributed by atoms with E-state index < -0.39 is 0 Å². The molecule has 7 heteroatoms. The highest BCUT2D eigenvalue weighted by Crippen LogP contribution is 2.20. The van der Waals surface area contributed by atoms with Crippen molar-refractivity contribution in [2.75, 3.05) is 6.54 Å². The van der Waals surface area contributed by atoms with Gasteiger partial charge in [-0.25, -0.2) is 4.68 Å². The monoisotopic (exact) mass is 363 g/mol. The molecule has 1 heterocycles. The van der Waals surface area contributed by atoms with Crippen LogP contribution < -0.4 is 5.32 Å². The normalized spacial score (nSPS) is 10.8. The molecule has 0 aliphatic carbocycles. The molecule has 0 saturated carbocycles. The average molecular weight is 364 g/mol. The number of amides is 1. The fourth-order valence-corrected chi connectivity index (χ4v) is 2.68. The Morgan fingerprint density at radius 1 is 1.28 bits per heavy atom. The van der Waals surface area contributed by atoms with E-state index in [1.807, 2.05) is 30.3 Å². The van der Waals surface area contributed by atoms with E-state index in [-0.39, 0.29) is 36.1 Å². The third kappa shape index (κ3) is 5.32. The molecule has 6 nitrogen and oxygen atoms in total. The van der Waals surface area contributed by atoms with Gasteiger partial charge in [-0.15, -0.1) is 0 Å². The first-order chi connectivity index (χ1) is 11.9. The Morgan fingerprint density at radius 2 is 1.96 bits per heavy atom. The highest BCUT2D eigenvalue weighted by atomic mass is 35.5. The largest absolute Gasteiger partial charge is 0.463 e. The van der Waals surface area contributed by atoms with Crippen LogP contribution in [0.5, 0.6) is 0 Å². The maximum atomic E-state index is 12.4. The number of ether oxygens (including phenoxy) is 1. The summed E-state index contributed by atoms with van der Waals surface area (Å²) in [5.74, 6) is -0.697. The number of nitrogens with zero attached hydrogens (tertiary/aromatic N) is 2. The number of carbonyl (C=O) groups excluding carboxylic acids is 2. The molecular formula is C18H22ClN3O3. The van der Waals surface area contributed by atoms with Gasteiger partial charge in [0.25, 0.3) is 5.91 Å². The van der Waals surface area contributed by atoms with Gasteiger partial charge in [0.2, 0.25) is 0 Å². The van der Waals surface area contributed by atoms with Crippen LogP contribution in [0.25, 0.3) is 0 Å². The molecule has 0 fully saturated rings. The molecule has 0 unspecified atom stereocenters. The lowest BCUT2D eigenvalue weighted by atomic mass is 10.2.